The minimum absolute atomic E-state index is 0.0460. The number of hydrogen-bond donors (Lipinski definition) is 2. The van der Waals surface area contributed by atoms with E-state index in [4.69, 9.17) is 14.2 Å². The number of nitrogens with zero attached hydrogens (tertiary/aromatic N) is 1. The van der Waals surface area contributed by atoms with Crippen molar-refractivity contribution in [1.82, 2.24) is 15.5 Å². The molecule has 0 aromatic carbocycles. The predicted molar refractivity (Wildman–Crippen MR) is 240 cm³/mol. The fourth-order valence-corrected chi connectivity index (χ4v) is 11.9. The first-order chi connectivity index (χ1) is 27.7. The number of ether oxygens (including phenoxy) is 3. The van der Waals surface area contributed by atoms with Gasteiger partial charge in [0.2, 0.25) is 0 Å². The van der Waals surface area contributed by atoms with Crippen molar-refractivity contribution >= 4 is 18.2 Å². The first kappa shape index (κ1) is 49.4. The molecule has 2 N–H and O–H groups in total. The second kappa shape index (κ2) is 22.2. The van der Waals surface area contributed by atoms with E-state index in [9.17, 15) is 14.4 Å². The summed E-state index contributed by atoms with van der Waals surface area (Å²) in [4.78, 5) is 39.9. The van der Waals surface area contributed by atoms with Crippen molar-refractivity contribution in [2.45, 2.75) is 209 Å². The number of carbonyl (C=O) groups is 3. The van der Waals surface area contributed by atoms with E-state index in [1.165, 1.54) is 51.4 Å². The van der Waals surface area contributed by atoms with Gasteiger partial charge in [0, 0.05) is 26.1 Å². The van der Waals surface area contributed by atoms with E-state index < -0.39 is 17.3 Å². The van der Waals surface area contributed by atoms with Crippen LogP contribution in [0.5, 0.6) is 0 Å². The zero-order valence-corrected chi connectivity index (χ0v) is 39.8. The van der Waals surface area contributed by atoms with Crippen molar-refractivity contribution in [2.75, 3.05) is 32.7 Å². The Bertz CT molecular complexity index is 1370. The van der Waals surface area contributed by atoms with Gasteiger partial charge in [-0.2, -0.15) is 0 Å². The summed E-state index contributed by atoms with van der Waals surface area (Å²) in [6.07, 6.45) is 22.7. The lowest BCUT2D eigenvalue weighted by Crippen LogP contribution is -2.51. The predicted octanol–water partition coefficient (Wildman–Crippen LogP) is 12.0. The van der Waals surface area contributed by atoms with Crippen molar-refractivity contribution < 1.29 is 28.6 Å². The summed E-state index contributed by atoms with van der Waals surface area (Å²) in [5.41, 5.74) is 1.27. The fourth-order valence-electron chi connectivity index (χ4n) is 11.9. The van der Waals surface area contributed by atoms with E-state index >= 15 is 0 Å². The first-order valence-electron chi connectivity index (χ1n) is 24.2. The highest BCUT2D eigenvalue weighted by atomic mass is 16.6. The standard InChI is InChI=1S/C50H89N3O6/c1-36(2)20-18-21-37(3)41-24-25-42-40-23-22-38-34-39(26-28-49(38,10)43(40)27-29-50(41,42)11)57-44(54)35-53(33-19-31-52-46(56)59-48(7,8)9)32-17-15-13-12-14-16-30-51-45(55)58-47(4,5)6/h22,36-37,39-43H,12-21,23-35H2,1-11H3,(H,51,55)(H,52,56)/t37?,39-,40-,41+,42-,43-,49-,50+/m0/s1. The monoisotopic (exact) mass is 828 g/mol. The van der Waals surface area contributed by atoms with Crippen LogP contribution in [0.1, 0.15) is 192 Å². The van der Waals surface area contributed by atoms with Crippen LogP contribution in [-0.4, -0.2) is 73.1 Å². The number of rotatable bonds is 21. The van der Waals surface area contributed by atoms with Crippen LogP contribution in [0, 0.1) is 46.3 Å². The van der Waals surface area contributed by atoms with Gasteiger partial charge in [-0.3, -0.25) is 9.69 Å². The molecule has 4 rings (SSSR count). The van der Waals surface area contributed by atoms with Gasteiger partial charge >= 0.3 is 18.2 Å². The van der Waals surface area contributed by atoms with Crippen LogP contribution in [0.3, 0.4) is 0 Å². The normalized spacial score (nSPS) is 28.6. The Morgan fingerprint density at radius 2 is 1.36 bits per heavy atom. The number of hydrogen-bond acceptors (Lipinski definition) is 7. The van der Waals surface area contributed by atoms with Crippen molar-refractivity contribution in [3.05, 3.63) is 11.6 Å². The molecule has 2 amide bonds. The van der Waals surface area contributed by atoms with Gasteiger partial charge in [0.1, 0.15) is 17.3 Å². The molecule has 8 atom stereocenters. The van der Waals surface area contributed by atoms with Crippen molar-refractivity contribution in [2.24, 2.45) is 46.3 Å². The molecule has 0 aromatic heterocycles. The van der Waals surface area contributed by atoms with Crippen molar-refractivity contribution in [3.8, 4) is 0 Å². The van der Waals surface area contributed by atoms with E-state index in [1.807, 2.05) is 41.5 Å². The van der Waals surface area contributed by atoms with Crippen LogP contribution in [-0.2, 0) is 19.0 Å². The summed E-state index contributed by atoms with van der Waals surface area (Å²) >= 11 is 0. The third-order valence-corrected chi connectivity index (χ3v) is 14.8. The number of fused-ring (bicyclic) bond motifs is 5. The zero-order chi connectivity index (χ0) is 43.4. The zero-order valence-electron chi connectivity index (χ0n) is 39.8. The highest BCUT2D eigenvalue weighted by Gasteiger charge is 2.59. The van der Waals surface area contributed by atoms with E-state index in [-0.39, 0.29) is 30.1 Å². The second-order valence-electron chi connectivity index (χ2n) is 22.3. The van der Waals surface area contributed by atoms with Gasteiger partial charge in [0.25, 0.3) is 0 Å². The van der Waals surface area contributed by atoms with Crippen LogP contribution in [0.25, 0.3) is 0 Å². The molecule has 0 heterocycles. The van der Waals surface area contributed by atoms with Gasteiger partial charge in [-0.15, -0.1) is 0 Å². The third kappa shape index (κ3) is 15.2. The summed E-state index contributed by atoms with van der Waals surface area (Å²) in [6, 6.07) is 0. The number of unbranched alkanes of at least 4 members (excludes halogenated alkanes) is 5. The maximum atomic E-state index is 13.6. The average molecular weight is 828 g/mol. The molecule has 1 unspecified atom stereocenters. The van der Waals surface area contributed by atoms with Gasteiger partial charge in [0.15, 0.2) is 0 Å². The van der Waals surface area contributed by atoms with Gasteiger partial charge in [0.05, 0.1) is 6.54 Å². The Morgan fingerprint density at radius 3 is 2.00 bits per heavy atom. The maximum absolute atomic E-state index is 13.6. The smallest absolute Gasteiger partial charge is 0.407 e. The Labute approximate surface area is 361 Å². The number of allylic oxidation sites excluding steroid dienone is 1. The Morgan fingerprint density at radius 1 is 0.746 bits per heavy atom. The van der Waals surface area contributed by atoms with Crippen molar-refractivity contribution in [3.63, 3.8) is 0 Å². The van der Waals surface area contributed by atoms with Gasteiger partial charge in [-0.05, 0) is 159 Å². The van der Waals surface area contributed by atoms with E-state index in [2.05, 4.69) is 56.2 Å². The molecule has 3 saturated carbocycles. The highest BCUT2D eigenvalue weighted by molar-refractivity contribution is 5.72. The maximum Gasteiger partial charge on any atom is 0.407 e. The number of esters is 1. The molecule has 0 saturated heterocycles. The average Bonchev–Trinajstić information content (AvgIpc) is 3.48. The first-order valence-corrected chi connectivity index (χ1v) is 24.2. The van der Waals surface area contributed by atoms with Crippen molar-refractivity contribution in [1.29, 1.82) is 0 Å². The van der Waals surface area contributed by atoms with Gasteiger partial charge in [-0.1, -0.05) is 91.2 Å². The van der Waals surface area contributed by atoms with Crippen LogP contribution >= 0.6 is 0 Å². The van der Waals surface area contributed by atoms with Gasteiger partial charge < -0.3 is 24.8 Å². The number of nitrogens with one attached hydrogen (secondary N) is 2. The summed E-state index contributed by atoms with van der Waals surface area (Å²) in [5, 5.41) is 5.71. The molecule has 59 heavy (non-hydrogen) atoms. The van der Waals surface area contributed by atoms with Crippen LogP contribution in [0.15, 0.2) is 11.6 Å². The Balaban J connectivity index is 1.25. The molecule has 3 fully saturated rings. The van der Waals surface area contributed by atoms with Gasteiger partial charge in [-0.25, -0.2) is 9.59 Å². The SMILES string of the molecule is CC(C)CCCC(C)[C@H]1CC[C@H]2[C@@H]3CC=C4C[C@@H](OC(=O)CN(CCCCCCCCNC(=O)OC(C)(C)C)CCCNC(=O)OC(C)(C)C)CC[C@]4(C)[C@H]3CC[C@]12C. The molecular weight excluding hydrogens is 739 g/mol. The number of carbonyl (C=O) groups excluding carboxylic acids is 3. The van der Waals surface area contributed by atoms with Crippen LogP contribution < -0.4 is 10.6 Å². The molecule has 9 heteroatoms. The molecule has 0 spiro atoms. The van der Waals surface area contributed by atoms with E-state index in [0.717, 1.165) is 106 Å². The third-order valence-electron chi connectivity index (χ3n) is 14.8. The topological polar surface area (TPSA) is 106 Å². The minimum Gasteiger partial charge on any atom is -0.461 e. The van der Waals surface area contributed by atoms with E-state index in [1.54, 1.807) is 5.57 Å². The molecule has 0 aromatic rings. The van der Waals surface area contributed by atoms with E-state index in [0.29, 0.717) is 25.0 Å². The summed E-state index contributed by atoms with van der Waals surface area (Å²) in [5.74, 6) is 4.79. The lowest BCUT2D eigenvalue weighted by Gasteiger charge is -2.58. The molecule has 0 bridgehead atoms. The molecule has 340 valence electrons. The largest absolute Gasteiger partial charge is 0.461 e. The quantitative estimate of drug-likeness (QED) is 0.0514. The van der Waals surface area contributed by atoms with Crippen LogP contribution in [0.2, 0.25) is 0 Å². The molecule has 4 aliphatic carbocycles. The fraction of sp³-hybridized carbons (Fsp3) is 0.900. The second-order valence-corrected chi connectivity index (χ2v) is 22.3. The number of amides is 2. The summed E-state index contributed by atoms with van der Waals surface area (Å²) < 4.78 is 17.0. The Kier molecular flexibility index (Phi) is 18.6. The highest BCUT2D eigenvalue weighted by Crippen LogP contribution is 2.67. The molecule has 9 nitrogen and oxygen atoms in total. The molecular formula is C50H89N3O6. The summed E-state index contributed by atoms with van der Waals surface area (Å²) in [7, 11) is 0. The molecule has 4 aliphatic rings. The lowest BCUT2D eigenvalue weighted by atomic mass is 9.47. The minimum atomic E-state index is -0.539. The van der Waals surface area contributed by atoms with Crippen LogP contribution in [0.4, 0.5) is 9.59 Å². The molecule has 0 radical (unpaired) electrons. The number of alkyl carbamates (subject to hydrolysis) is 2. The molecule has 0 aliphatic heterocycles. The summed E-state index contributed by atoms with van der Waals surface area (Å²) in [6.45, 7) is 26.6. The Hall–Kier alpha value is -2.29. The lowest BCUT2D eigenvalue weighted by molar-refractivity contribution is -0.153.